The molecular weight excluding hydrogens is 296 g/mol. The lowest BCUT2D eigenvalue weighted by Crippen LogP contribution is -2.31. The Bertz CT molecular complexity index is 704. The maximum atomic E-state index is 12.8. The Morgan fingerprint density at radius 2 is 2.17 bits per heavy atom. The van der Waals surface area contributed by atoms with Crippen molar-refractivity contribution in [3.05, 3.63) is 29.1 Å². The Labute approximate surface area is 135 Å². The summed E-state index contributed by atoms with van der Waals surface area (Å²) >= 11 is 0. The SMILES string of the molecule is CCc1nc(C)c(C(=O)N2CCC[C@@H]2c2nc(C(C)C)no2)o1. The van der Waals surface area contributed by atoms with Gasteiger partial charge in [0.05, 0.1) is 5.69 Å². The Morgan fingerprint density at radius 3 is 2.78 bits per heavy atom. The second-order valence-electron chi connectivity index (χ2n) is 6.18. The van der Waals surface area contributed by atoms with Gasteiger partial charge in [0.25, 0.3) is 5.91 Å². The van der Waals surface area contributed by atoms with E-state index in [1.54, 1.807) is 11.8 Å². The van der Waals surface area contributed by atoms with E-state index >= 15 is 0 Å². The van der Waals surface area contributed by atoms with Crippen LogP contribution in [0.2, 0.25) is 0 Å². The third kappa shape index (κ3) is 2.87. The van der Waals surface area contributed by atoms with Crippen LogP contribution in [-0.2, 0) is 6.42 Å². The fourth-order valence-corrected chi connectivity index (χ4v) is 2.82. The largest absolute Gasteiger partial charge is 0.435 e. The van der Waals surface area contributed by atoms with Gasteiger partial charge < -0.3 is 13.8 Å². The van der Waals surface area contributed by atoms with Crippen LogP contribution >= 0.6 is 0 Å². The molecule has 1 saturated heterocycles. The summed E-state index contributed by atoms with van der Waals surface area (Å²) in [7, 11) is 0. The molecule has 0 unspecified atom stereocenters. The molecule has 0 spiro atoms. The first-order valence-corrected chi connectivity index (χ1v) is 8.12. The number of oxazole rings is 1. The number of hydrogen-bond acceptors (Lipinski definition) is 6. The van der Waals surface area contributed by atoms with Crippen molar-refractivity contribution in [3.63, 3.8) is 0 Å². The van der Waals surface area contributed by atoms with E-state index in [2.05, 4.69) is 15.1 Å². The molecule has 1 aliphatic rings. The van der Waals surface area contributed by atoms with Crippen LogP contribution in [-0.4, -0.2) is 32.5 Å². The normalized spacial score (nSPS) is 18.1. The van der Waals surface area contributed by atoms with E-state index in [4.69, 9.17) is 8.94 Å². The highest BCUT2D eigenvalue weighted by molar-refractivity contribution is 5.92. The summed E-state index contributed by atoms with van der Waals surface area (Å²) < 4.78 is 11.0. The fraction of sp³-hybridized carbons (Fsp3) is 0.625. The van der Waals surface area contributed by atoms with Crippen LogP contribution < -0.4 is 0 Å². The zero-order valence-corrected chi connectivity index (χ0v) is 14.0. The van der Waals surface area contributed by atoms with Gasteiger partial charge in [-0.2, -0.15) is 4.98 Å². The van der Waals surface area contributed by atoms with Crippen molar-refractivity contribution >= 4 is 5.91 Å². The number of carbonyl (C=O) groups excluding carboxylic acids is 1. The van der Waals surface area contributed by atoms with Gasteiger partial charge in [-0.1, -0.05) is 25.9 Å². The Hall–Kier alpha value is -2.18. The highest BCUT2D eigenvalue weighted by Crippen LogP contribution is 2.33. The van der Waals surface area contributed by atoms with E-state index in [1.165, 1.54) is 0 Å². The second-order valence-corrected chi connectivity index (χ2v) is 6.18. The fourth-order valence-electron chi connectivity index (χ4n) is 2.82. The molecule has 0 saturated carbocycles. The number of aryl methyl sites for hydroxylation is 2. The average molecular weight is 318 g/mol. The highest BCUT2D eigenvalue weighted by atomic mass is 16.5. The van der Waals surface area contributed by atoms with E-state index in [0.29, 0.717) is 42.0 Å². The molecule has 7 heteroatoms. The maximum absolute atomic E-state index is 12.8. The quantitative estimate of drug-likeness (QED) is 0.861. The number of carbonyl (C=O) groups is 1. The van der Waals surface area contributed by atoms with Gasteiger partial charge in [-0.05, 0) is 19.8 Å². The summed E-state index contributed by atoms with van der Waals surface area (Å²) in [6.07, 6.45) is 2.39. The Kier molecular flexibility index (Phi) is 4.19. The molecule has 1 aliphatic heterocycles. The molecule has 2 aromatic heterocycles. The predicted octanol–water partition coefficient (Wildman–Crippen LogP) is 3.03. The first-order valence-electron chi connectivity index (χ1n) is 8.12. The van der Waals surface area contributed by atoms with E-state index in [9.17, 15) is 4.79 Å². The van der Waals surface area contributed by atoms with Crippen LogP contribution in [0, 0.1) is 6.92 Å². The van der Waals surface area contributed by atoms with Crippen LogP contribution in [0.1, 0.15) is 79.4 Å². The maximum Gasteiger partial charge on any atom is 0.292 e. The molecule has 0 N–H and O–H groups in total. The van der Waals surface area contributed by atoms with Crippen molar-refractivity contribution < 1.29 is 13.7 Å². The van der Waals surface area contributed by atoms with Crippen LogP contribution in [0.4, 0.5) is 0 Å². The van der Waals surface area contributed by atoms with Crippen molar-refractivity contribution in [2.24, 2.45) is 0 Å². The summed E-state index contributed by atoms with van der Waals surface area (Å²) in [6.45, 7) is 8.42. The van der Waals surface area contributed by atoms with E-state index in [-0.39, 0.29) is 17.9 Å². The first kappa shape index (κ1) is 15.7. The number of nitrogens with zero attached hydrogens (tertiary/aromatic N) is 4. The summed E-state index contributed by atoms with van der Waals surface area (Å²) in [4.78, 5) is 23.3. The average Bonchev–Trinajstić information content (AvgIpc) is 3.24. The molecule has 0 aliphatic carbocycles. The molecule has 124 valence electrons. The van der Waals surface area contributed by atoms with Crippen LogP contribution in [0.15, 0.2) is 8.94 Å². The van der Waals surface area contributed by atoms with Crippen LogP contribution in [0.3, 0.4) is 0 Å². The van der Waals surface area contributed by atoms with Crippen molar-refractivity contribution in [2.45, 2.75) is 58.9 Å². The third-order valence-corrected chi connectivity index (χ3v) is 4.11. The number of likely N-dealkylation sites (tertiary alicyclic amines) is 1. The molecule has 7 nitrogen and oxygen atoms in total. The summed E-state index contributed by atoms with van der Waals surface area (Å²) in [5.74, 6) is 2.12. The topological polar surface area (TPSA) is 85.3 Å². The zero-order valence-electron chi connectivity index (χ0n) is 14.0. The van der Waals surface area contributed by atoms with Crippen molar-refractivity contribution in [1.29, 1.82) is 0 Å². The zero-order chi connectivity index (χ0) is 16.6. The summed E-state index contributed by atoms with van der Waals surface area (Å²) in [5, 5.41) is 4.00. The molecule has 1 atom stereocenters. The van der Waals surface area contributed by atoms with Crippen LogP contribution in [0.5, 0.6) is 0 Å². The van der Waals surface area contributed by atoms with Crippen molar-refractivity contribution in [1.82, 2.24) is 20.0 Å². The molecule has 3 rings (SSSR count). The molecule has 0 radical (unpaired) electrons. The predicted molar refractivity (Wildman–Crippen MR) is 82.0 cm³/mol. The van der Waals surface area contributed by atoms with E-state index in [1.807, 2.05) is 20.8 Å². The van der Waals surface area contributed by atoms with Gasteiger partial charge >= 0.3 is 0 Å². The van der Waals surface area contributed by atoms with Gasteiger partial charge in [0.2, 0.25) is 11.7 Å². The molecule has 3 heterocycles. The molecule has 1 amide bonds. The molecule has 2 aromatic rings. The van der Waals surface area contributed by atoms with Gasteiger partial charge in [0.1, 0.15) is 6.04 Å². The summed E-state index contributed by atoms with van der Waals surface area (Å²) in [6, 6.07) is -0.183. The second kappa shape index (κ2) is 6.14. The minimum absolute atomic E-state index is 0.151. The van der Waals surface area contributed by atoms with Crippen molar-refractivity contribution in [3.8, 4) is 0 Å². The Balaban J connectivity index is 1.85. The van der Waals surface area contributed by atoms with Crippen molar-refractivity contribution in [2.75, 3.05) is 6.54 Å². The van der Waals surface area contributed by atoms with Crippen LogP contribution in [0.25, 0.3) is 0 Å². The molecule has 0 aromatic carbocycles. The van der Waals surface area contributed by atoms with Gasteiger partial charge in [0.15, 0.2) is 11.7 Å². The monoisotopic (exact) mass is 318 g/mol. The number of rotatable bonds is 4. The standard InChI is InChI=1S/C16H22N4O3/c1-5-12-17-10(4)13(22-12)16(21)20-8-6-7-11(20)15-18-14(9(2)3)19-23-15/h9,11H,5-8H2,1-4H3/t11-/m1/s1. The molecular formula is C16H22N4O3. The van der Waals surface area contributed by atoms with Gasteiger partial charge in [-0.15, -0.1) is 0 Å². The van der Waals surface area contributed by atoms with Gasteiger partial charge in [-0.3, -0.25) is 4.79 Å². The molecule has 23 heavy (non-hydrogen) atoms. The van der Waals surface area contributed by atoms with E-state index < -0.39 is 0 Å². The molecule has 1 fully saturated rings. The summed E-state index contributed by atoms with van der Waals surface area (Å²) in [5.41, 5.74) is 0.630. The van der Waals surface area contributed by atoms with Gasteiger partial charge in [0, 0.05) is 18.9 Å². The lowest BCUT2D eigenvalue weighted by atomic mass is 10.2. The van der Waals surface area contributed by atoms with E-state index in [0.717, 1.165) is 12.8 Å². The molecule has 0 bridgehead atoms. The lowest BCUT2D eigenvalue weighted by molar-refractivity contribution is 0.0675. The van der Waals surface area contributed by atoms with Gasteiger partial charge in [-0.25, -0.2) is 4.98 Å². The smallest absolute Gasteiger partial charge is 0.292 e. The lowest BCUT2D eigenvalue weighted by Gasteiger charge is -2.20. The highest BCUT2D eigenvalue weighted by Gasteiger charge is 2.36. The number of hydrogen-bond donors (Lipinski definition) is 0. The number of aromatic nitrogens is 3. The third-order valence-electron chi connectivity index (χ3n) is 4.11. The Morgan fingerprint density at radius 1 is 1.39 bits per heavy atom. The number of amides is 1. The minimum Gasteiger partial charge on any atom is -0.435 e. The first-order chi connectivity index (χ1) is 11.0. The minimum atomic E-state index is -0.183.